The minimum Gasteiger partial charge on any atom is -0.437 e. The Balaban J connectivity index is 1.33. The van der Waals surface area contributed by atoms with Gasteiger partial charge in [-0.05, 0) is 70.1 Å². The Morgan fingerprint density at radius 1 is 1.09 bits per heavy atom. The Labute approximate surface area is 201 Å². The van der Waals surface area contributed by atoms with Gasteiger partial charge in [0, 0.05) is 30.4 Å². The van der Waals surface area contributed by atoms with Gasteiger partial charge in [-0.3, -0.25) is 0 Å². The number of morpholine rings is 1. The molecule has 2 fully saturated rings. The zero-order valence-electron chi connectivity index (χ0n) is 20.4. The fourth-order valence-corrected chi connectivity index (χ4v) is 5.10. The quantitative estimate of drug-likeness (QED) is 0.690. The van der Waals surface area contributed by atoms with Gasteiger partial charge in [-0.25, -0.2) is 15.4 Å². The number of hydrogen-bond donors (Lipinski definition) is 2. The summed E-state index contributed by atoms with van der Waals surface area (Å²) in [5.74, 6) is 1.44. The Morgan fingerprint density at radius 2 is 1.79 bits per heavy atom. The Hall–Kier alpha value is -2.88. The number of rotatable bonds is 5. The van der Waals surface area contributed by atoms with E-state index >= 15 is 0 Å². The summed E-state index contributed by atoms with van der Waals surface area (Å²) in [6.45, 7) is 10.5. The van der Waals surface area contributed by atoms with E-state index in [-0.39, 0.29) is 0 Å². The van der Waals surface area contributed by atoms with Crippen LogP contribution in [0.2, 0.25) is 0 Å². The number of ether oxygens (including phenoxy) is 2. The SMILES string of the molecule is Cc1cc(-c2cnc(N)c(OC3=CN(C4CCN(C)CC4)NC3)n2)cc(C)c1N1CCOCC1. The van der Waals surface area contributed by atoms with Crippen LogP contribution < -0.4 is 20.8 Å². The van der Waals surface area contributed by atoms with Crippen molar-refractivity contribution in [1.82, 2.24) is 25.3 Å². The standard InChI is InChI=1S/C25H35N7O2/c1-17-12-19(13-18(2)23(17)31-8-10-33-11-9-31)22-15-27-24(26)25(29-22)34-21-14-28-32(16-21)20-4-6-30(3)7-5-20/h12-13,15-16,20,28H,4-11,14H2,1-3H3,(H2,26,27). The maximum Gasteiger partial charge on any atom is 0.263 e. The number of nitrogens with one attached hydrogen (secondary N) is 1. The van der Waals surface area contributed by atoms with Gasteiger partial charge in [0.25, 0.3) is 5.88 Å². The Bertz CT molecular complexity index is 1040. The van der Waals surface area contributed by atoms with Gasteiger partial charge >= 0.3 is 0 Å². The van der Waals surface area contributed by atoms with Crippen molar-refractivity contribution in [2.75, 3.05) is 63.6 Å². The smallest absolute Gasteiger partial charge is 0.263 e. The number of nitrogens with zero attached hydrogens (tertiary/aromatic N) is 5. The second-order valence-corrected chi connectivity index (χ2v) is 9.48. The largest absolute Gasteiger partial charge is 0.437 e. The molecule has 0 spiro atoms. The summed E-state index contributed by atoms with van der Waals surface area (Å²) in [6, 6.07) is 4.81. The lowest BCUT2D eigenvalue weighted by Crippen LogP contribution is -2.45. The van der Waals surface area contributed by atoms with E-state index in [0.29, 0.717) is 24.3 Å². The van der Waals surface area contributed by atoms with Gasteiger partial charge in [-0.2, -0.15) is 0 Å². The van der Waals surface area contributed by atoms with E-state index in [9.17, 15) is 0 Å². The molecule has 3 N–H and O–H groups in total. The number of hydrazine groups is 1. The molecule has 0 bridgehead atoms. The number of anilines is 2. The van der Waals surface area contributed by atoms with E-state index in [4.69, 9.17) is 20.2 Å². The van der Waals surface area contributed by atoms with E-state index in [1.165, 1.54) is 16.8 Å². The van der Waals surface area contributed by atoms with Crippen molar-refractivity contribution in [2.45, 2.75) is 32.7 Å². The normalized spacial score (nSPS) is 20.0. The second kappa shape index (κ2) is 9.77. The molecule has 9 nitrogen and oxygen atoms in total. The topological polar surface area (TPSA) is 92.0 Å². The van der Waals surface area contributed by atoms with Crippen LogP contribution in [0.3, 0.4) is 0 Å². The van der Waals surface area contributed by atoms with Crippen LogP contribution in [-0.4, -0.2) is 78.9 Å². The molecule has 34 heavy (non-hydrogen) atoms. The first-order chi connectivity index (χ1) is 16.5. The molecule has 4 heterocycles. The van der Waals surface area contributed by atoms with Gasteiger partial charge in [-0.1, -0.05) is 0 Å². The van der Waals surface area contributed by atoms with Crippen LogP contribution in [0.1, 0.15) is 24.0 Å². The molecule has 0 unspecified atom stereocenters. The third-order valence-corrected chi connectivity index (χ3v) is 6.91. The van der Waals surface area contributed by atoms with Gasteiger partial charge in [0.1, 0.15) is 5.76 Å². The number of likely N-dealkylation sites (tertiary alicyclic amines) is 1. The predicted octanol–water partition coefficient (Wildman–Crippen LogP) is 2.31. The van der Waals surface area contributed by atoms with Crippen molar-refractivity contribution in [1.29, 1.82) is 0 Å². The molecule has 0 radical (unpaired) electrons. The molecule has 2 saturated heterocycles. The van der Waals surface area contributed by atoms with Gasteiger partial charge in [0.2, 0.25) is 0 Å². The number of aromatic nitrogens is 2. The number of nitrogens with two attached hydrogens (primary N) is 1. The lowest BCUT2D eigenvalue weighted by atomic mass is 10.0. The molecule has 3 aliphatic rings. The predicted molar refractivity (Wildman–Crippen MR) is 133 cm³/mol. The molecule has 182 valence electrons. The van der Waals surface area contributed by atoms with Crippen molar-refractivity contribution >= 4 is 11.5 Å². The lowest BCUT2D eigenvalue weighted by Gasteiger charge is -2.34. The van der Waals surface area contributed by atoms with Gasteiger partial charge in [-0.15, -0.1) is 0 Å². The highest BCUT2D eigenvalue weighted by atomic mass is 16.5. The van der Waals surface area contributed by atoms with Crippen molar-refractivity contribution < 1.29 is 9.47 Å². The molecule has 9 heteroatoms. The molecule has 2 aromatic rings. The van der Waals surface area contributed by atoms with E-state index in [1.54, 1.807) is 6.20 Å². The van der Waals surface area contributed by atoms with Crippen LogP contribution in [0.25, 0.3) is 11.3 Å². The number of aryl methyl sites for hydroxylation is 2. The number of piperidine rings is 1. The van der Waals surface area contributed by atoms with Crippen LogP contribution in [0.15, 0.2) is 30.3 Å². The summed E-state index contributed by atoms with van der Waals surface area (Å²) in [5.41, 5.74) is 15.0. The summed E-state index contributed by atoms with van der Waals surface area (Å²) in [6.07, 6.45) is 6.01. The number of nitrogen functional groups attached to an aromatic ring is 1. The van der Waals surface area contributed by atoms with Crippen LogP contribution in [0, 0.1) is 13.8 Å². The first-order valence-corrected chi connectivity index (χ1v) is 12.1. The van der Waals surface area contributed by atoms with E-state index in [1.807, 2.05) is 6.20 Å². The summed E-state index contributed by atoms with van der Waals surface area (Å²) in [4.78, 5) is 13.9. The molecule has 5 rings (SSSR count). The fraction of sp³-hybridized carbons (Fsp3) is 0.520. The minimum atomic E-state index is 0.292. The molecule has 3 aliphatic heterocycles. The van der Waals surface area contributed by atoms with Crippen LogP contribution in [0.5, 0.6) is 5.88 Å². The average molecular weight is 466 g/mol. The van der Waals surface area contributed by atoms with E-state index < -0.39 is 0 Å². The number of benzene rings is 1. The lowest BCUT2D eigenvalue weighted by molar-refractivity contribution is 0.122. The summed E-state index contributed by atoms with van der Waals surface area (Å²) in [7, 11) is 2.17. The highest BCUT2D eigenvalue weighted by molar-refractivity contribution is 5.70. The van der Waals surface area contributed by atoms with Gasteiger partial charge in [0.15, 0.2) is 5.82 Å². The maximum atomic E-state index is 6.14. The third kappa shape index (κ3) is 4.82. The first-order valence-electron chi connectivity index (χ1n) is 12.1. The molecule has 0 saturated carbocycles. The summed E-state index contributed by atoms with van der Waals surface area (Å²) in [5, 5.41) is 2.17. The number of hydrogen-bond acceptors (Lipinski definition) is 9. The Kier molecular flexibility index (Phi) is 6.58. The van der Waals surface area contributed by atoms with Gasteiger partial charge in [0.05, 0.1) is 37.8 Å². The summed E-state index contributed by atoms with van der Waals surface area (Å²) >= 11 is 0. The van der Waals surface area contributed by atoms with Crippen molar-refractivity contribution in [3.05, 3.63) is 41.4 Å². The molecule has 1 aromatic heterocycles. The van der Waals surface area contributed by atoms with E-state index in [0.717, 1.165) is 69.3 Å². The molecular formula is C25H35N7O2. The zero-order valence-corrected chi connectivity index (χ0v) is 20.4. The molecule has 0 amide bonds. The van der Waals surface area contributed by atoms with Crippen molar-refractivity contribution in [2.24, 2.45) is 0 Å². The van der Waals surface area contributed by atoms with E-state index in [2.05, 4.69) is 58.2 Å². The monoisotopic (exact) mass is 465 g/mol. The second-order valence-electron chi connectivity index (χ2n) is 9.48. The van der Waals surface area contributed by atoms with Crippen LogP contribution in [0.4, 0.5) is 11.5 Å². The minimum absolute atomic E-state index is 0.292. The van der Waals surface area contributed by atoms with Crippen LogP contribution in [-0.2, 0) is 4.74 Å². The summed E-state index contributed by atoms with van der Waals surface area (Å²) < 4.78 is 11.6. The Morgan fingerprint density at radius 3 is 2.50 bits per heavy atom. The molecule has 1 aromatic carbocycles. The first kappa shape index (κ1) is 22.9. The average Bonchev–Trinajstić information content (AvgIpc) is 3.30. The van der Waals surface area contributed by atoms with Crippen molar-refractivity contribution in [3.63, 3.8) is 0 Å². The van der Waals surface area contributed by atoms with Crippen molar-refractivity contribution in [3.8, 4) is 17.1 Å². The zero-order chi connectivity index (χ0) is 23.7. The highest BCUT2D eigenvalue weighted by Gasteiger charge is 2.26. The molecule has 0 aliphatic carbocycles. The molecular weight excluding hydrogens is 430 g/mol. The fourth-order valence-electron chi connectivity index (χ4n) is 5.10. The third-order valence-electron chi connectivity index (χ3n) is 6.91. The highest BCUT2D eigenvalue weighted by Crippen LogP contribution is 2.32. The van der Waals surface area contributed by atoms with Gasteiger partial charge < -0.3 is 30.0 Å². The maximum absolute atomic E-state index is 6.14. The molecule has 0 atom stereocenters. The van der Waals surface area contributed by atoms with Crippen LogP contribution >= 0.6 is 0 Å².